The highest BCUT2D eigenvalue weighted by Crippen LogP contribution is 2.38. The molecule has 1 aliphatic heterocycles. The van der Waals surface area contributed by atoms with Gasteiger partial charge in [-0.15, -0.1) is 0 Å². The Labute approximate surface area is 216 Å². The van der Waals surface area contributed by atoms with E-state index < -0.39 is 5.97 Å². The molecule has 5 heteroatoms. The zero-order chi connectivity index (χ0) is 25.7. The SMILES string of the molecule is COc1ccc(CCCC(C)(C)C)c(N2CCC(COc3ccc4c(c3)C(CC(=O)O)CC4)CC2)c1. The topological polar surface area (TPSA) is 59.0 Å². The number of carbonyl (C=O) groups is 1. The largest absolute Gasteiger partial charge is 0.497 e. The average molecular weight is 494 g/mol. The second-order valence-corrected chi connectivity index (χ2v) is 11.8. The van der Waals surface area contributed by atoms with Gasteiger partial charge < -0.3 is 19.5 Å². The molecule has 2 aromatic rings. The number of piperidine rings is 1. The van der Waals surface area contributed by atoms with E-state index in [-0.39, 0.29) is 12.3 Å². The van der Waals surface area contributed by atoms with Crippen LogP contribution in [0.15, 0.2) is 36.4 Å². The number of anilines is 1. The van der Waals surface area contributed by atoms with Crippen LogP contribution in [0.25, 0.3) is 0 Å². The second-order valence-electron chi connectivity index (χ2n) is 11.8. The van der Waals surface area contributed by atoms with Gasteiger partial charge in [-0.05, 0) is 97.1 Å². The van der Waals surface area contributed by atoms with Crippen molar-refractivity contribution in [2.45, 2.75) is 78.1 Å². The van der Waals surface area contributed by atoms with Crippen LogP contribution >= 0.6 is 0 Å². The summed E-state index contributed by atoms with van der Waals surface area (Å²) in [6, 6.07) is 12.8. The van der Waals surface area contributed by atoms with Crippen molar-refractivity contribution >= 4 is 11.7 Å². The van der Waals surface area contributed by atoms with Gasteiger partial charge in [-0.2, -0.15) is 0 Å². The van der Waals surface area contributed by atoms with E-state index in [1.54, 1.807) is 7.11 Å². The van der Waals surface area contributed by atoms with Crippen molar-refractivity contribution in [2.75, 3.05) is 31.7 Å². The monoisotopic (exact) mass is 493 g/mol. The highest BCUT2D eigenvalue weighted by atomic mass is 16.5. The lowest BCUT2D eigenvalue weighted by molar-refractivity contribution is -0.137. The first-order chi connectivity index (χ1) is 17.2. The summed E-state index contributed by atoms with van der Waals surface area (Å²) in [7, 11) is 1.74. The molecule has 5 nitrogen and oxygen atoms in total. The number of carboxylic acid groups (broad SMARTS) is 1. The number of hydrogen-bond acceptors (Lipinski definition) is 4. The van der Waals surface area contributed by atoms with Crippen molar-refractivity contribution in [1.82, 2.24) is 0 Å². The molecule has 0 spiro atoms. The molecule has 1 N–H and O–H groups in total. The molecule has 36 heavy (non-hydrogen) atoms. The lowest BCUT2D eigenvalue weighted by Crippen LogP contribution is -2.36. The van der Waals surface area contributed by atoms with E-state index >= 15 is 0 Å². The molecule has 1 atom stereocenters. The molecule has 196 valence electrons. The predicted molar refractivity (Wildman–Crippen MR) is 146 cm³/mol. The number of nitrogens with zero attached hydrogens (tertiary/aromatic N) is 1. The van der Waals surface area contributed by atoms with Gasteiger partial charge in [0.2, 0.25) is 0 Å². The molecule has 0 bridgehead atoms. The van der Waals surface area contributed by atoms with Crippen LogP contribution in [0.5, 0.6) is 11.5 Å². The van der Waals surface area contributed by atoms with Gasteiger partial charge in [0, 0.05) is 24.8 Å². The summed E-state index contributed by atoms with van der Waals surface area (Å²) in [6.07, 6.45) is 7.81. The first-order valence-electron chi connectivity index (χ1n) is 13.6. The first-order valence-corrected chi connectivity index (χ1v) is 13.6. The van der Waals surface area contributed by atoms with Crippen molar-refractivity contribution in [3.8, 4) is 11.5 Å². The summed E-state index contributed by atoms with van der Waals surface area (Å²) >= 11 is 0. The van der Waals surface area contributed by atoms with Gasteiger partial charge in [0.25, 0.3) is 0 Å². The maximum atomic E-state index is 11.2. The lowest BCUT2D eigenvalue weighted by Gasteiger charge is -2.35. The molecular weight excluding hydrogens is 450 g/mol. The highest BCUT2D eigenvalue weighted by molar-refractivity contribution is 5.68. The molecular formula is C31H43NO4. The highest BCUT2D eigenvalue weighted by Gasteiger charge is 2.26. The fourth-order valence-electron chi connectivity index (χ4n) is 5.72. The molecule has 1 heterocycles. The number of carboxylic acids is 1. The van der Waals surface area contributed by atoms with Gasteiger partial charge in [-0.25, -0.2) is 0 Å². The smallest absolute Gasteiger partial charge is 0.303 e. The van der Waals surface area contributed by atoms with Crippen LogP contribution in [0, 0.1) is 11.3 Å². The van der Waals surface area contributed by atoms with Crippen LogP contribution in [-0.2, 0) is 17.6 Å². The standard InChI is InChI=1S/C31H43NO4/c1-31(2,3)15-5-6-24-10-11-26(35-4)20-29(24)32-16-13-22(14-17-32)21-36-27-12-9-23-7-8-25(18-30(33)34)28(23)19-27/h9-12,19-20,22,25H,5-8,13-18,21H2,1-4H3,(H,33,34). The molecule has 0 amide bonds. The van der Waals surface area contributed by atoms with Gasteiger partial charge >= 0.3 is 5.97 Å². The van der Waals surface area contributed by atoms with E-state index in [2.05, 4.69) is 62.1 Å². The molecule has 2 aliphatic rings. The van der Waals surface area contributed by atoms with Crippen LogP contribution in [0.1, 0.15) is 81.9 Å². The Kier molecular flexibility index (Phi) is 8.48. The number of fused-ring (bicyclic) bond motifs is 1. The fraction of sp³-hybridized carbons (Fsp3) is 0.581. The van der Waals surface area contributed by atoms with E-state index in [0.29, 0.717) is 17.9 Å². The maximum Gasteiger partial charge on any atom is 0.303 e. The van der Waals surface area contributed by atoms with Crippen molar-refractivity contribution < 1.29 is 19.4 Å². The van der Waals surface area contributed by atoms with Crippen molar-refractivity contribution in [3.05, 3.63) is 53.1 Å². The lowest BCUT2D eigenvalue weighted by atomic mass is 9.88. The summed E-state index contributed by atoms with van der Waals surface area (Å²) < 4.78 is 11.8. The van der Waals surface area contributed by atoms with Gasteiger partial charge in [-0.3, -0.25) is 4.79 Å². The van der Waals surface area contributed by atoms with Crippen LogP contribution in [-0.4, -0.2) is 37.9 Å². The predicted octanol–water partition coefficient (Wildman–Crippen LogP) is 6.86. The molecule has 1 saturated heterocycles. The van der Waals surface area contributed by atoms with E-state index in [0.717, 1.165) is 56.7 Å². The van der Waals surface area contributed by atoms with Crippen molar-refractivity contribution in [3.63, 3.8) is 0 Å². The van der Waals surface area contributed by atoms with Crippen LogP contribution in [0.2, 0.25) is 0 Å². The Hall–Kier alpha value is -2.69. The van der Waals surface area contributed by atoms with E-state index in [1.807, 2.05) is 0 Å². The van der Waals surface area contributed by atoms with Crippen LogP contribution in [0.4, 0.5) is 5.69 Å². The maximum absolute atomic E-state index is 11.2. The molecule has 4 rings (SSSR count). The molecule has 1 aliphatic carbocycles. The third-order valence-electron chi connectivity index (χ3n) is 7.85. The number of hydrogen-bond donors (Lipinski definition) is 1. The van der Waals surface area contributed by atoms with Crippen LogP contribution < -0.4 is 14.4 Å². The van der Waals surface area contributed by atoms with E-state index in [4.69, 9.17) is 9.47 Å². The average Bonchev–Trinajstić information content (AvgIpc) is 3.24. The fourth-order valence-corrected chi connectivity index (χ4v) is 5.72. The summed E-state index contributed by atoms with van der Waals surface area (Å²) in [5.74, 6) is 1.72. The number of aliphatic carboxylic acids is 1. The number of benzene rings is 2. The second kappa shape index (κ2) is 11.6. The Bertz CT molecular complexity index is 1030. The number of methoxy groups -OCH3 is 1. The van der Waals surface area contributed by atoms with E-state index in [9.17, 15) is 9.90 Å². The van der Waals surface area contributed by atoms with Crippen molar-refractivity contribution in [1.29, 1.82) is 0 Å². The Morgan fingerprint density at radius 1 is 1.06 bits per heavy atom. The Morgan fingerprint density at radius 2 is 1.81 bits per heavy atom. The number of ether oxygens (including phenoxy) is 2. The van der Waals surface area contributed by atoms with Crippen LogP contribution in [0.3, 0.4) is 0 Å². The molecule has 1 unspecified atom stereocenters. The minimum absolute atomic E-state index is 0.116. The summed E-state index contributed by atoms with van der Waals surface area (Å²) in [5.41, 5.74) is 5.55. The number of rotatable bonds is 10. The Morgan fingerprint density at radius 3 is 2.50 bits per heavy atom. The van der Waals surface area contributed by atoms with Gasteiger partial charge in [0.05, 0.1) is 20.1 Å². The quantitative estimate of drug-likeness (QED) is 0.392. The molecule has 0 radical (unpaired) electrons. The van der Waals surface area contributed by atoms with Gasteiger partial charge in [0.15, 0.2) is 0 Å². The normalized spacial score (nSPS) is 18.2. The molecule has 2 aromatic carbocycles. The summed E-state index contributed by atoms with van der Waals surface area (Å²) in [4.78, 5) is 13.7. The third-order valence-corrected chi connectivity index (χ3v) is 7.85. The minimum Gasteiger partial charge on any atom is -0.497 e. The third kappa shape index (κ3) is 6.96. The first kappa shape index (κ1) is 26.4. The minimum atomic E-state index is -0.723. The zero-order valence-corrected chi connectivity index (χ0v) is 22.5. The van der Waals surface area contributed by atoms with Crippen molar-refractivity contribution in [2.24, 2.45) is 11.3 Å². The number of aryl methyl sites for hydroxylation is 2. The van der Waals surface area contributed by atoms with Gasteiger partial charge in [0.1, 0.15) is 11.5 Å². The van der Waals surface area contributed by atoms with Gasteiger partial charge in [-0.1, -0.05) is 32.9 Å². The molecule has 0 aromatic heterocycles. The molecule has 1 fully saturated rings. The summed E-state index contributed by atoms with van der Waals surface area (Å²) in [6.45, 7) is 9.70. The zero-order valence-electron chi connectivity index (χ0n) is 22.5. The van der Waals surface area contributed by atoms with E-state index in [1.165, 1.54) is 35.2 Å². The Balaban J connectivity index is 1.32. The molecule has 0 saturated carbocycles. The summed E-state index contributed by atoms with van der Waals surface area (Å²) in [5, 5.41) is 9.22.